The van der Waals surface area contributed by atoms with Gasteiger partial charge in [0.05, 0.1) is 6.10 Å². The third-order valence-electron chi connectivity index (χ3n) is 3.83. The summed E-state index contributed by atoms with van der Waals surface area (Å²) in [5, 5.41) is 3.88. The van der Waals surface area contributed by atoms with E-state index in [2.05, 4.69) is 38.0 Å². The molecule has 0 spiro atoms. The van der Waals surface area contributed by atoms with Crippen molar-refractivity contribution in [3.8, 4) is 5.75 Å². The van der Waals surface area contributed by atoms with Crippen LogP contribution in [0.4, 0.5) is 5.82 Å². The minimum atomic E-state index is -0.464. The molecule has 1 N–H and O–H groups in total. The van der Waals surface area contributed by atoms with Gasteiger partial charge in [-0.1, -0.05) is 53.7 Å². The van der Waals surface area contributed by atoms with Crippen molar-refractivity contribution in [3.05, 3.63) is 30.3 Å². The highest BCUT2D eigenvalue weighted by Gasteiger charge is 2.22. The summed E-state index contributed by atoms with van der Waals surface area (Å²) >= 11 is 0. The number of nitrogens with zero attached hydrogens (tertiary/aromatic N) is 1. The number of anilines is 1. The van der Waals surface area contributed by atoms with Crippen molar-refractivity contribution < 1.29 is 9.53 Å². The van der Waals surface area contributed by atoms with Crippen LogP contribution in [-0.2, 0) is 4.79 Å². The van der Waals surface area contributed by atoms with Crippen molar-refractivity contribution in [1.82, 2.24) is 4.98 Å². The third-order valence-corrected chi connectivity index (χ3v) is 3.83. The van der Waals surface area contributed by atoms with Gasteiger partial charge in [0.25, 0.3) is 0 Å². The van der Waals surface area contributed by atoms with Crippen LogP contribution in [0.15, 0.2) is 30.3 Å². The summed E-state index contributed by atoms with van der Waals surface area (Å²) in [5.74, 6) is 1.24. The highest BCUT2D eigenvalue weighted by atomic mass is 16.5. The van der Waals surface area contributed by atoms with Crippen LogP contribution in [0.2, 0.25) is 0 Å². The second-order valence-electron chi connectivity index (χ2n) is 8.92. The van der Waals surface area contributed by atoms with Crippen molar-refractivity contribution in [2.24, 2.45) is 10.8 Å². The van der Waals surface area contributed by atoms with Gasteiger partial charge in [0.1, 0.15) is 17.1 Å². The fraction of sp³-hybridized carbons (Fsp3) is 0.524. The summed E-state index contributed by atoms with van der Waals surface area (Å²) in [5.41, 5.74) is 0.506. The number of amides is 1. The minimum absolute atomic E-state index is 0.0566. The summed E-state index contributed by atoms with van der Waals surface area (Å²) in [4.78, 5) is 16.8. The minimum Gasteiger partial charge on any atom is -0.488 e. The Morgan fingerprint density at radius 2 is 1.80 bits per heavy atom. The van der Waals surface area contributed by atoms with E-state index in [1.165, 1.54) is 0 Å². The van der Waals surface area contributed by atoms with Crippen LogP contribution in [0.3, 0.4) is 0 Å². The van der Waals surface area contributed by atoms with Gasteiger partial charge in [-0.05, 0) is 37.0 Å². The molecule has 0 aliphatic rings. The molecule has 1 aromatic heterocycles. The molecule has 1 atom stereocenters. The monoisotopic (exact) mass is 342 g/mol. The molecule has 0 aliphatic carbocycles. The first-order valence-corrected chi connectivity index (χ1v) is 8.84. The van der Waals surface area contributed by atoms with E-state index in [1.807, 2.05) is 51.1 Å². The zero-order valence-electron chi connectivity index (χ0n) is 16.4. The number of carbonyl (C=O) groups is 1. The molecule has 1 unspecified atom stereocenters. The van der Waals surface area contributed by atoms with E-state index in [4.69, 9.17) is 4.74 Å². The molecule has 2 aromatic rings. The summed E-state index contributed by atoms with van der Waals surface area (Å²) in [6.45, 7) is 14.3. The number of pyridine rings is 1. The van der Waals surface area contributed by atoms with Gasteiger partial charge >= 0.3 is 0 Å². The van der Waals surface area contributed by atoms with Gasteiger partial charge in [-0.25, -0.2) is 4.98 Å². The number of nitrogens with one attached hydrogen (secondary N) is 1. The molecule has 2 rings (SSSR count). The number of para-hydroxylation sites is 1. The number of hydrogen-bond donors (Lipinski definition) is 1. The Bertz CT molecular complexity index is 755. The number of hydrogen-bond acceptors (Lipinski definition) is 3. The van der Waals surface area contributed by atoms with Crippen LogP contribution in [0, 0.1) is 10.8 Å². The lowest BCUT2D eigenvalue weighted by molar-refractivity contribution is -0.123. The van der Waals surface area contributed by atoms with Gasteiger partial charge in [-0.3, -0.25) is 4.79 Å². The first-order chi connectivity index (χ1) is 11.5. The van der Waals surface area contributed by atoms with E-state index in [0.717, 1.165) is 23.1 Å². The predicted molar refractivity (Wildman–Crippen MR) is 104 cm³/mol. The zero-order valence-corrected chi connectivity index (χ0v) is 16.4. The molecule has 1 amide bonds. The molecule has 1 heterocycles. The van der Waals surface area contributed by atoms with E-state index in [1.54, 1.807) is 0 Å². The van der Waals surface area contributed by atoms with Gasteiger partial charge in [0.15, 0.2) is 0 Å². The number of carbonyl (C=O) groups excluding carboxylic acids is 1. The van der Waals surface area contributed by atoms with Gasteiger partial charge in [-0.2, -0.15) is 0 Å². The van der Waals surface area contributed by atoms with Crippen molar-refractivity contribution in [1.29, 1.82) is 0 Å². The van der Waals surface area contributed by atoms with E-state index >= 15 is 0 Å². The largest absolute Gasteiger partial charge is 0.488 e. The fourth-order valence-electron chi connectivity index (χ4n) is 2.71. The maximum absolute atomic E-state index is 12.2. The van der Waals surface area contributed by atoms with Crippen molar-refractivity contribution in [3.63, 3.8) is 0 Å². The van der Waals surface area contributed by atoms with Crippen LogP contribution in [0.1, 0.15) is 54.9 Å². The SMILES string of the molecule is CC(CC(C)(C)C)Oc1cccc2ccc(NC(=O)C(C)(C)C)nc12. The Hall–Kier alpha value is -2.10. The van der Waals surface area contributed by atoms with Crippen molar-refractivity contribution >= 4 is 22.6 Å². The molecule has 0 fully saturated rings. The molecule has 0 aliphatic heterocycles. The maximum atomic E-state index is 12.2. The zero-order chi connectivity index (χ0) is 18.8. The average Bonchev–Trinajstić information content (AvgIpc) is 2.44. The summed E-state index contributed by atoms with van der Waals surface area (Å²) in [6, 6.07) is 9.69. The lowest BCUT2D eigenvalue weighted by Crippen LogP contribution is -2.28. The molecule has 0 saturated heterocycles. The molecule has 25 heavy (non-hydrogen) atoms. The van der Waals surface area contributed by atoms with E-state index in [0.29, 0.717) is 5.82 Å². The number of aromatic nitrogens is 1. The highest BCUT2D eigenvalue weighted by molar-refractivity contribution is 5.95. The Morgan fingerprint density at radius 1 is 1.12 bits per heavy atom. The lowest BCUT2D eigenvalue weighted by Gasteiger charge is -2.24. The molecule has 4 nitrogen and oxygen atoms in total. The van der Waals surface area contributed by atoms with Gasteiger partial charge in [0, 0.05) is 10.8 Å². The summed E-state index contributed by atoms with van der Waals surface area (Å²) in [6.07, 6.45) is 1.03. The number of benzene rings is 1. The molecular formula is C21H30N2O2. The number of ether oxygens (including phenoxy) is 1. The first-order valence-electron chi connectivity index (χ1n) is 8.84. The van der Waals surface area contributed by atoms with Crippen LogP contribution in [-0.4, -0.2) is 17.0 Å². The van der Waals surface area contributed by atoms with Gasteiger partial charge < -0.3 is 10.1 Å². The topological polar surface area (TPSA) is 51.2 Å². The molecular weight excluding hydrogens is 312 g/mol. The van der Waals surface area contributed by atoms with Crippen molar-refractivity contribution in [2.75, 3.05) is 5.32 Å². The Kier molecular flexibility index (Phi) is 5.40. The fourth-order valence-corrected chi connectivity index (χ4v) is 2.71. The maximum Gasteiger partial charge on any atom is 0.230 e. The molecule has 4 heteroatoms. The number of fused-ring (bicyclic) bond motifs is 1. The van der Waals surface area contributed by atoms with Crippen LogP contribution < -0.4 is 10.1 Å². The van der Waals surface area contributed by atoms with E-state index in [9.17, 15) is 4.79 Å². The van der Waals surface area contributed by atoms with Crippen LogP contribution in [0.25, 0.3) is 10.9 Å². The second kappa shape index (κ2) is 7.03. The summed E-state index contributed by atoms with van der Waals surface area (Å²) in [7, 11) is 0. The molecule has 0 radical (unpaired) electrons. The molecule has 0 bridgehead atoms. The highest BCUT2D eigenvalue weighted by Crippen LogP contribution is 2.29. The molecule has 0 saturated carbocycles. The molecule has 1 aromatic carbocycles. The smallest absolute Gasteiger partial charge is 0.230 e. The second-order valence-corrected chi connectivity index (χ2v) is 8.92. The Labute approximate surface area is 151 Å². The van der Waals surface area contributed by atoms with Crippen LogP contribution in [0.5, 0.6) is 5.75 Å². The van der Waals surface area contributed by atoms with E-state index < -0.39 is 5.41 Å². The average molecular weight is 342 g/mol. The molecule has 136 valence electrons. The first kappa shape index (κ1) is 19.2. The van der Waals surface area contributed by atoms with Crippen molar-refractivity contribution in [2.45, 2.75) is 61.0 Å². The third kappa shape index (κ3) is 5.45. The number of rotatable bonds is 4. The van der Waals surface area contributed by atoms with Crippen LogP contribution >= 0.6 is 0 Å². The summed E-state index contributed by atoms with van der Waals surface area (Å²) < 4.78 is 6.16. The van der Waals surface area contributed by atoms with Gasteiger partial charge in [0.2, 0.25) is 5.91 Å². The van der Waals surface area contributed by atoms with Gasteiger partial charge in [-0.15, -0.1) is 0 Å². The van der Waals surface area contributed by atoms with E-state index in [-0.39, 0.29) is 17.4 Å². The standard InChI is InChI=1S/C21H30N2O2/c1-14(13-20(2,3)4)25-16-10-8-9-15-11-12-17(22-18(15)16)23-19(24)21(5,6)7/h8-12,14H,13H2,1-7H3,(H,22,23,24). The normalized spacial score (nSPS) is 13.6. The quantitative estimate of drug-likeness (QED) is 0.807. The lowest BCUT2D eigenvalue weighted by atomic mass is 9.90. The predicted octanol–water partition coefficient (Wildman–Crippen LogP) is 5.42. The Balaban J connectivity index is 2.29. The Morgan fingerprint density at radius 3 is 2.40 bits per heavy atom.